The summed E-state index contributed by atoms with van der Waals surface area (Å²) in [5, 5.41) is 3.34. The Hall–Kier alpha value is -1.81. The van der Waals surface area contributed by atoms with Crippen LogP contribution in [0.5, 0.6) is 5.75 Å². The number of ether oxygens (including phenoxy) is 1. The van der Waals surface area contributed by atoms with Gasteiger partial charge in [-0.25, -0.2) is 4.98 Å². The standard InChI is InChI=1S/C15H19N3O/c1-18-11-17-10-15(18)12-2-4-13(5-3-12)19-14-6-8-16-9-7-14/h2-5,10-11,14,16H,6-9H2,1H3. The van der Waals surface area contributed by atoms with Gasteiger partial charge in [-0.2, -0.15) is 0 Å². The third-order valence-corrected chi connectivity index (χ3v) is 3.56. The number of nitrogens with one attached hydrogen (secondary N) is 1. The third-order valence-electron chi connectivity index (χ3n) is 3.56. The molecule has 1 aliphatic rings. The van der Waals surface area contributed by atoms with E-state index in [2.05, 4.69) is 22.4 Å². The lowest BCUT2D eigenvalue weighted by molar-refractivity contribution is 0.162. The molecule has 1 aliphatic heterocycles. The Bertz CT molecular complexity index is 527. The highest BCUT2D eigenvalue weighted by molar-refractivity contribution is 5.59. The SMILES string of the molecule is Cn1cncc1-c1ccc(OC2CCNCC2)cc1. The minimum atomic E-state index is 0.351. The highest BCUT2D eigenvalue weighted by Crippen LogP contribution is 2.23. The lowest BCUT2D eigenvalue weighted by Crippen LogP contribution is -2.34. The number of aryl methyl sites for hydroxylation is 1. The van der Waals surface area contributed by atoms with Crippen LogP contribution >= 0.6 is 0 Å². The first-order chi connectivity index (χ1) is 9.33. The quantitative estimate of drug-likeness (QED) is 0.916. The maximum atomic E-state index is 6.00. The first-order valence-electron chi connectivity index (χ1n) is 6.77. The van der Waals surface area contributed by atoms with Gasteiger partial charge < -0.3 is 14.6 Å². The van der Waals surface area contributed by atoms with Crippen molar-refractivity contribution in [3.63, 3.8) is 0 Å². The van der Waals surface area contributed by atoms with E-state index in [1.54, 1.807) is 0 Å². The zero-order valence-corrected chi connectivity index (χ0v) is 11.2. The molecule has 1 N–H and O–H groups in total. The van der Waals surface area contributed by atoms with Crippen LogP contribution in [0.1, 0.15) is 12.8 Å². The molecule has 0 atom stereocenters. The van der Waals surface area contributed by atoms with Gasteiger partial charge in [0, 0.05) is 12.6 Å². The Morgan fingerprint density at radius 2 is 1.95 bits per heavy atom. The number of hydrogen-bond acceptors (Lipinski definition) is 3. The summed E-state index contributed by atoms with van der Waals surface area (Å²) in [6.45, 7) is 2.11. The summed E-state index contributed by atoms with van der Waals surface area (Å²) in [5.41, 5.74) is 2.28. The van der Waals surface area contributed by atoms with Gasteiger partial charge >= 0.3 is 0 Å². The van der Waals surface area contributed by atoms with Crippen molar-refractivity contribution in [2.24, 2.45) is 7.05 Å². The van der Waals surface area contributed by atoms with Crippen molar-refractivity contribution in [1.82, 2.24) is 14.9 Å². The molecule has 1 aromatic carbocycles. The van der Waals surface area contributed by atoms with Crippen LogP contribution in [0.25, 0.3) is 11.3 Å². The van der Waals surface area contributed by atoms with Gasteiger partial charge in [0.2, 0.25) is 0 Å². The molecule has 0 amide bonds. The molecule has 1 aromatic heterocycles. The fourth-order valence-corrected chi connectivity index (χ4v) is 2.45. The fourth-order valence-electron chi connectivity index (χ4n) is 2.45. The second-order valence-electron chi connectivity index (χ2n) is 4.98. The molecule has 0 saturated carbocycles. The van der Waals surface area contributed by atoms with Gasteiger partial charge in [0.05, 0.1) is 18.2 Å². The van der Waals surface area contributed by atoms with Gasteiger partial charge in [0.15, 0.2) is 0 Å². The number of hydrogen-bond donors (Lipinski definition) is 1. The van der Waals surface area contributed by atoms with Crippen molar-refractivity contribution in [3.05, 3.63) is 36.8 Å². The van der Waals surface area contributed by atoms with E-state index in [1.807, 2.05) is 36.3 Å². The molecule has 3 rings (SSSR count). The molecule has 100 valence electrons. The Morgan fingerprint density at radius 3 is 2.58 bits per heavy atom. The van der Waals surface area contributed by atoms with Crippen molar-refractivity contribution in [3.8, 4) is 17.0 Å². The van der Waals surface area contributed by atoms with Crippen LogP contribution in [0.2, 0.25) is 0 Å². The van der Waals surface area contributed by atoms with Crippen molar-refractivity contribution in [2.45, 2.75) is 18.9 Å². The van der Waals surface area contributed by atoms with Crippen LogP contribution in [0.4, 0.5) is 0 Å². The summed E-state index contributed by atoms with van der Waals surface area (Å²) >= 11 is 0. The smallest absolute Gasteiger partial charge is 0.119 e. The topological polar surface area (TPSA) is 39.1 Å². The van der Waals surface area contributed by atoms with Crippen LogP contribution in [-0.2, 0) is 7.05 Å². The largest absolute Gasteiger partial charge is 0.490 e. The van der Waals surface area contributed by atoms with Crippen LogP contribution in [-0.4, -0.2) is 28.7 Å². The van der Waals surface area contributed by atoms with Crippen LogP contribution in [0.15, 0.2) is 36.8 Å². The minimum Gasteiger partial charge on any atom is -0.490 e. The molecule has 0 spiro atoms. The molecule has 4 nitrogen and oxygen atoms in total. The zero-order valence-electron chi connectivity index (χ0n) is 11.2. The number of aromatic nitrogens is 2. The van der Waals surface area contributed by atoms with Crippen molar-refractivity contribution in [1.29, 1.82) is 0 Å². The van der Waals surface area contributed by atoms with E-state index < -0.39 is 0 Å². The monoisotopic (exact) mass is 257 g/mol. The number of nitrogens with zero attached hydrogens (tertiary/aromatic N) is 2. The molecule has 2 heterocycles. The molecule has 19 heavy (non-hydrogen) atoms. The zero-order chi connectivity index (χ0) is 13.1. The maximum Gasteiger partial charge on any atom is 0.119 e. The summed E-state index contributed by atoms with van der Waals surface area (Å²) in [4.78, 5) is 4.14. The van der Waals surface area contributed by atoms with Crippen molar-refractivity contribution in [2.75, 3.05) is 13.1 Å². The number of imidazole rings is 1. The predicted octanol–water partition coefficient (Wildman–Crippen LogP) is 2.22. The molecule has 2 aromatic rings. The van der Waals surface area contributed by atoms with Crippen LogP contribution < -0.4 is 10.1 Å². The van der Waals surface area contributed by atoms with Crippen molar-refractivity contribution >= 4 is 0 Å². The Morgan fingerprint density at radius 1 is 1.21 bits per heavy atom. The molecule has 0 aliphatic carbocycles. The second-order valence-corrected chi connectivity index (χ2v) is 4.98. The summed E-state index contributed by atoms with van der Waals surface area (Å²) in [6, 6.07) is 8.27. The second kappa shape index (κ2) is 5.45. The fraction of sp³-hybridized carbons (Fsp3) is 0.400. The molecule has 1 fully saturated rings. The number of benzene rings is 1. The van der Waals surface area contributed by atoms with Crippen LogP contribution in [0, 0.1) is 0 Å². The van der Waals surface area contributed by atoms with E-state index in [4.69, 9.17) is 4.74 Å². The van der Waals surface area contributed by atoms with E-state index in [1.165, 1.54) is 0 Å². The van der Waals surface area contributed by atoms with E-state index in [9.17, 15) is 0 Å². The summed E-state index contributed by atoms with van der Waals surface area (Å²) < 4.78 is 8.01. The summed E-state index contributed by atoms with van der Waals surface area (Å²) in [5.74, 6) is 0.956. The molecule has 0 unspecified atom stereocenters. The lowest BCUT2D eigenvalue weighted by Gasteiger charge is -2.23. The minimum absolute atomic E-state index is 0.351. The lowest BCUT2D eigenvalue weighted by atomic mass is 10.1. The molecule has 0 radical (unpaired) electrons. The number of rotatable bonds is 3. The Balaban J connectivity index is 1.70. The van der Waals surface area contributed by atoms with Crippen LogP contribution in [0.3, 0.4) is 0 Å². The van der Waals surface area contributed by atoms with Crippen molar-refractivity contribution < 1.29 is 4.74 Å². The van der Waals surface area contributed by atoms with Gasteiger partial charge in [-0.3, -0.25) is 0 Å². The van der Waals surface area contributed by atoms with E-state index in [0.29, 0.717) is 6.10 Å². The van der Waals surface area contributed by atoms with Gasteiger partial charge in [-0.1, -0.05) is 0 Å². The highest BCUT2D eigenvalue weighted by atomic mass is 16.5. The molecular formula is C15H19N3O. The predicted molar refractivity (Wildman–Crippen MR) is 75.2 cm³/mol. The highest BCUT2D eigenvalue weighted by Gasteiger charge is 2.14. The maximum absolute atomic E-state index is 6.00. The first-order valence-corrected chi connectivity index (χ1v) is 6.77. The van der Waals surface area contributed by atoms with Gasteiger partial charge in [0.25, 0.3) is 0 Å². The molecular weight excluding hydrogens is 238 g/mol. The summed E-state index contributed by atoms with van der Waals surface area (Å²) in [7, 11) is 2.00. The molecule has 0 bridgehead atoms. The molecule has 1 saturated heterocycles. The number of piperidine rings is 1. The summed E-state index contributed by atoms with van der Waals surface area (Å²) in [6.07, 6.45) is 6.22. The molecule has 4 heteroatoms. The first kappa shape index (κ1) is 12.2. The Kier molecular flexibility index (Phi) is 3.51. The van der Waals surface area contributed by atoms with Gasteiger partial charge in [-0.15, -0.1) is 0 Å². The third kappa shape index (κ3) is 2.79. The van der Waals surface area contributed by atoms with E-state index >= 15 is 0 Å². The van der Waals surface area contributed by atoms with E-state index in [-0.39, 0.29) is 0 Å². The normalized spacial score (nSPS) is 16.5. The average Bonchev–Trinajstić information content (AvgIpc) is 2.87. The average molecular weight is 257 g/mol. The van der Waals surface area contributed by atoms with Gasteiger partial charge in [0.1, 0.15) is 11.9 Å². The van der Waals surface area contributed by atoms with E-state index in [0.717, 1.165) is 42.9 Å². The van der Waals surface area contributed by atoms with Gasteiger partial charge in [-0.05, 0) is 50.2 Å². The Labute approximate surface area is 113 Å².